The SMILES string of the molecule is CCC(CC)N(CCO)S(=O)(=O)N1CCC(C(=O)O)CC1. The second-order valence-electron chi connectivity index (χ2n) is 5.32. The number of piperidine rings is 1. The molecule has 8 heteroatoms. The summed E-state index contributed by atoms with van der Waals surface area (Å²) in [5, 5.41) is 18.1. The first-order valence-corrected chi connectivity index (χ1v) is 8.88. The number of carboxylic acids is 1. The number of hydrogen-bond acceptors (Lipinski definition) is 4. The van der Waals surface area contributed by atoms with Gasteiger partial charge in [-0.3, -0.25) is 4.79 Å². The molecule has 1 rings (SSSR count). The number of carbonyl (C=O) groups is 1. The van der Waals surface area contributed by atoms with Gasteiger partial charge in [0.25, 0.3) is 10.2 Å². The van der Waals surface area contributed by atoms with Crippen molar-refractivity contribution < 1.29 is 23.4 Å². The van der Waals surface area contributed by atoms with Crippen LogP contribution in [0.2, 0.25) is 0 Å². The number of carboxylic acid groups (broad SMARTS) is 1. The molecular formula is C13H26N2O5S. The minimum atomic E-state index is -3.65. The second kappa shape index (κ2) is 8.07. The molecule has 1 aliphatic heterocycles. The Bertz CT molecular complexity index is 428. The van der Waals surface area contributed by atoms with Crippen LogP contribution in [0.15, 0.2) is 0 Å². The molecule has 124 valence electrons. The molecule has 1 saturated heterocycles. The molecule has 0 atom stereocenters. The van der Waals surface area contributed by atoms with Crippen LogP contribution in [0.5, 0.6) is 0 Å². The molecule has 0 unspecified atom stereocenters. The minimum absolute atomic E-state index is 0.0769. The van der Waals surface area contributed by atoms with Crippen molar-refractivity contribution in [1.82, 2.24) is 8.61 Å². The zero-order valence-corrected chi connectivity index (χ0v) is 13.5. The van der Waals surface area contributed by atoms with Gasteiger partial charge in [0.05, 0.1) is 12.5 Å². The molecule has 0 saturated carbocycles. The lowest BCUT2D eigenvalue weighted by Crippen LogP contribution is -2.51. The van der Waals surface area contributed by atoms with Gasteiger partial charge in [0.15, 0.2) is 0 Å². The molecule has 0 amide bonds. The van der Waals surface area contributed by atoms with E-state index in [9.17, 15) is 13.2 Å². The van der Waals surface area contributed by atoms with E-state index in [-0.39, 0.29) is 32.3 Å². The molecule has 0 radical (unpaired) electrons. The molecule has 0 aliphatic carbocycles. The Kier molecular flexibility index (Phi) is 7.05. The van der Waals surface area contributed by atoms with Crippen molar-refractivity contribution in [3.8, 4) is 0 Å². The molecule has 0 aromatic rings. The van der Waals surface area contributed by atoms with Crippen molar-refractivity contribution in [2.45, 2.75) is 45.6 Å². The molecule has 0 spiro atoms. The zero-order chi connectivity index (χ0) is 16.0. The number of nitrogens with zero attached hydrogens (tertiary/aromatic N) is 2. The first kappa shape index (κ1) is 18.3. The maximum Gasteiger partial charge on any atom is 0.306 e. The van der Waals surface area contributed by atoms with Gasteiger partial charge in [-0.05, 0) is 25.7 Å². The maximum absolute atomic E-state index is 12.7. The second-order valence-corrected chi connectivity index (χ2v) is 7.21. The third-order valence-corrected chi connectivity index (χ3v) is 6.19. The highest BCUT2D eigenvalue weighted by molar-refractivity contribution is 7.86. The van der Waals surface area contributed by atoms with Gasteiger partial charge in [-0.15, -0.1) is 0 Å². The molecule has 1 heterocycles. The highest BCUT2D eigenvalue weighted by Gasteiger charge is 2.36. The molecule has 0 bridgehead atoms. The summed E-state index contributed by atoms with van der Waals surface area (Å²) in [7, 11) is -3.65. The summed E-state index contributed by atoms with van der Waals surface area (Å²) in [5.41, 5.74) is 0. The highest BCUT2D eigenvalue weighted by Crippen LogP contribution is 2.24. The molecule has 1 aliphatic rings. The summed E-state index contributed by atoms with van der Waals surface area (Å²) < 4.78 is 28.1. The Balaban J connectivity index is 2.84. The summed E-state index contributed by atoms with van der Waals surface area (Å²) in [6, 6.07) is -0.139. The van der Waals surface area contributed by atoms with Crippen molar-refractivity contribution in [2.75, 3.05) is 26.2 Å². The van der Waals surface area contributed by atoms with Crippen molar-refractivity contribution in [3.05, 3.63) is 0 Å². The van der Waals surface area contributed by atoms with E-state index in [1.165, 1.54) is 8.61 Å². The van der Waals surface area contributed by atoms with Gasteiger partial charge in [-0.1, -0.05) is 13.8 Å². The van der Waals surface area contributed by atoms with Crippen molar-refractivity contribution in [1.29, 1.82) is 0 Å². The minimum Gasteiger partial charge on any atom is -0.481 e. The lowest BCUT2D eigenvalue weighted by Gasteiger charge is -2.36. The third-order valence-electron chi connectivity index (χ3n) is 4.10. The molecule has 0 aromatic heterocycles. The lowest BCUT2D eigenvalue weighted by molar-refractivity contribution is -0.142. The number of aliphatic hydroxyl groups excluding tert-OH is 1. The predicted molar refractivity (Wildman–Crippen MR) is 79.0 cm³/mol. The smallest absolute Gasteiger partial charge is 0.306 e. The average molecular weight is 322 g/mol. The van der Waals surface area contributed by atoms with Gasteiger partial charge in [-0.2, -0.15) is 17.0 Å². The summed E-state index contributed by atoms with van der Waals surface area (Å²) in [6.45, 7) is 4.15. The topological polar surface area (TPSA) is 98.2 Å². The van der Waals surface area contributed by atoms with E-state index in [0.717, 1.165) is 0 Å². The van der Waals surface area contributed by atoms with E-state index in [1.807, 2.05) is 13.8 Å². The van der Waals surface area contributed by atoms with Crippen LogP contribution in [-0.4, -0.2) is 65.5 Å². The van der Waals surface area contributed by atoms with Gasteiger partial charge < -0.3 is 10.2 Å². The van der Waals surface area contributed by atoms with E-state index < -0.39 is 22.1 Å². The van der Waals surface area contributed by atoms with E-state index >= 15 is 0 Å². The van der Waals surface area contributed by atoms with Crippen LogP contribution in [0.1, 0.15) is 39.5 Å². The van der Waals surface area contributed by atoms with E-state index in [2.05, 4.69) is 0 Å². The molecule has 0 aromatic carbocycles. The molecule has 21 heavy (non-hydrogen) atoms. The van der Waals surface area contributed by atoms with Gasteiger partial charge in [0, 0.05) is 25.7 Å². The predicted octanol–water partition coefficient (Wildman–Crippen LogP) is 0.511. The fourth-order valence-corrected chi connectivity index (χ4v) is 4.72. The fourth-order valence-electron chi connectivity index (χ4n) is 2.76. The number of rotatable bonds is 8. The molecular weight excluding hydrogens is 296 g/mol. The zero-order valence-electron chi connectivity index (χ0n) is 12.7. The van der Waals surface area contributed by atoms with Gasteiger partial charge in [0.1, 0.15) is 0 Å². The molecule has 1 fully saturated rings. The third kappa shape index (κ3) is 4.38. The van der Waals surface area contributed by atoms with Crippen molar-refractivity contribution in [3.63, 3.8) is 0 Å². The van der Waals surface area contributed by atoms with E-state index in [1.54, 1.807) is 0 Å². The summed E-state index contributed by atoms with van der Waals surface area (Å²) in [6.07, 6.45) is 2.04. The number of aliphatic hydroxyl groups is 1. The van der Waals surface area contributed by atoms with E-state index in [4.69, 9.17) is 10.2 Å². The van der Waals surface area contributed by atoms with Crippen LogP contribution < -0.4 is 0 Å². The lowest BCUT2D eigenvalue weighted by atomic mass is 9.99. The Morgan fingerprint density at radius 3 is 2.19 bits per heavy atom. The normalized spacial score (nSPS) is 18.5. The number of hydrogen-bond donors (Lipinski definition) is 2. The average Bonchev–Trinajstić information content (AvgIpc) is 2.47. The van der Waals surface area contributed by atoms with Crippen LogP contribution in [0.3, 0.4) is 0 Å². The van der Waals surface area contributed by atoms with Crippen molar-refractivity contribution >= 4 is 16.2 Å². The maximum atomic E-state index is 12.7. The highest BCUT2D eigenvalue weighted by atomic mass is 32.2. The monoisotopic (exact) mass is 322 g/mol. The standard InChI is InChI=1S/C13H26N2O5S/c1-3-12(4-2)15(9-10-16)21(19,20)14-7-5-11(6-8-14)13(17)18/h11-12,16H,3-10H2,1-2H3,(H,17,18). The van der Waals surface area contributed by atoms with Gasteiger partial charge >= 0.3 is 5.97 Å². The summed E-state index contributed by atoms with van der Waals surface area (Å²) in [4.78, 5) is 10.9. The molecule has 7 nitrogen and oxygen atoms in total. The molecule has 2 N–H and O–H groups in total. The van der Waals surface area contributed by atoms with Gasteiger partial charge in [0.2, 0.25) is 0 Å². The first-order chi connectivity index (χ1) is 9.88. The van der Waals surface area contributed by atoms with Gasteiger partial charge in [-0.25, -0.2) is 0 Å². The van der Waals surface area contributed by atoms with Crippen LogP contribution in [0.4, 0.5) is 0 Å². The first-order valence-electron chi connectivity index (χ1n) is 7.49. The Labute approximate surface area is 126 Å². The van der Waals surface area contributed by atoms with Crippen molar-refractivity contribution in [2.24, 2.45) is 5.92 Å². The fraction of sp³-hybridized carbons (Fsp3) is 0.923. The van der Waals surface area contributed by atoms with E-state index in [0.29, 0.717) is 25.7 Å². The Morgan fingerprint density at radius 1 is 1.29 bits per heavy atom. The van der Waals surface area contributed by atoms with Crippen LogP contribution in [0.25, 0.3) is 0 Å². The summed E-state index contributed by atoms with van der Waals surface area (Å²) in [5.74, 6) is -1.32. The Hall–Kier alpha value is -0.700. The quantitative estimate of drug-likeness (QED) is 0.678. The largest absolute Gasteiger partial charge is 0.481 e. The summed E-state index contributed by atoms with van der Waals surface area (Å²) >= 11 is 0. The van der Waals surface area contributed by atoms with Crippen LogP contribution in [0, 0.1) is 5.92 Å². The van der Waals surface area contributed by atoms with Crippen LogP contribution in [-0.2, 0) is 15.0 Å². The Morgan fingerprint density at radius 2 is 1.81 bits per heavy atom. The van der Waals surface area contributed by atoms with Crippen LogP contribution >= 0.6 is 0 Å². The number of aliphatic carboxylic acids is 1.